The van der Waals surface area contributed by atoms with Gasteiger partial charge in [0.2, 0.25) is 30.1 Å². The fraction of sp³-hybridized carbons (Fsp3) is 0.564. The molecule has 0 aliphatic carbocycles. The number of carboxylic acids is 1. The molecule has 0 heterocycles. The van der Waals surface area contributed by atoms with Gasteiger partial charge in [0.25, 0.3) is 30.4 Å². The number of carboxylic acid groups (broad SMARTS) is 1. The smallest absolute Gasteiger partial charge is 0.329 e. The maximum absolute atomic E-state index is 14.4. The van der Waals surface area contributed by atoms with Crippen LogP contribution >= 0.6 is 0 Å². The maximum Gasteiger partial charge on any atom is 0.329 e. The van der Waals surface area contributed by atoms with Gasteiger partial charge in [-0.3, -0.25) is 13.7 Å². The summed E-state index contributed by atoms with van der Waals surface area (Å²) in [4.78, 5) is 8.88. The van der Waals surface area contributed by atoms with Crippen molar-refractivity contribution in [3.8, 4) is 0 Å². The van der Waals surface area contributed by atoms with E-state index in [1.807, 2.05) is 13.8 Å². The van der Waals surface area contributed by atoms with Crippen LogP contribution in [-0.4, -0.2) is 192 Å². The molecule has 69 heavy (non-hydrogen) atoms. The van der Waals surface area contributed by atoms with E-state index in [-0.39, 0.29) is 71.0 Å². The van der Waals surface area contributed by atoms with Gasteiger partial charge >= 0.3 is 5.97 Å². The molecule has 0 bridgehead atoms. The summed E-state index contributed by atoms with van der Waals surface area (Å²) in [5, 5.41) is 11.8. The van der Waals surface area contributed by atoms with Gasteiger partial charge in [-0.1, -0.05) is 38.1 Å². The summed E-state index contributed by atoms with van der Waals surface area (Å²) in [5.74, 6) is -4.16. The third-order valence-corrected chi connectivity index (χ3v) is 18.5. The Bertz CT molecular complexity index is 3090. The highest BCUT2D eigenvalue weighted by Crippen LogP contribution is 2.46. The molecule has 0 aliphatic heterocycles. The van der Waals surface area contributed by atoms with Gasteiger partial charge in [0.15, 0.2) is 0 Å². The van der Waals surface area contributed by atoms with Crippen LogP contribution in [0.15, 0.2) is 51.1 Å². The van der Waals surface area contributed by atoms with Crippen LogP contribution in [0.1, 0.15) is 33.6 Å². The Morgan fingerprint density at radius 3 is 1.39 bits per heavy atom. The average molecular weight is 1100 g/mol. The summed E-state index contributed by atoms with van der Waals surface area (Å²) in [6.07, 6.45) is 0.917. The zero-order chi connectivity index (χ0) is 52.1. The molecule has 0 saturated carbocycles. The monoisotopic (exact) mass is 1090 g/mol. The third kappa shape index (κ3) is 15.5. The fourth-order valence-corrected chi connectivity index (χ4v) is 13.2. The molecule has 0 aliphatic rings. The zero-order valence-corrected chi connectivity index (χ0v) is 43.5. The summed E-state index contributed by atoms with van der Waals surface area (Å²) in [6.45, 7) is 3.96. The van der Waals surface area contributed by atoms with Crippen LogP contribution in [0.4, 0.5) is 5.69 Å². The summed E-state index contributed by atoms with van der Waals surface area (Å²) in [6, 6.07) is 6.92. The lowest BCUT2D eigenvalue weighted by Gasteiger charge is -2.26. The topological polar surface area (TPSA) is 352 Å². The molecule has 1 atom stereocenters. The Morgan fingerprint density at radius 1 is 0.594 bits per heavy atom. The second-order valence-electron chi connectivity index (χ2n) is 17.1. The first-order valence-electron chi connectivity index (χ1n) is 20.8. The fourth-order valence-electron chi connectivity index (χ4n) is 7.11. The van der Waals surface area contributed by atoms with Crippen LogP contribution in [0.2, 0.25) is 0 Å². The molecule has 0 radical (unpaired) electrons. The van der Waals surface area contributed by atoms with Gasteiger partial charge < -0.3 is 24.6 Å². The predicted octanol–water partition coefficient (Wildman–Crippen LogP) is 1.85. The van der Waals surface area contributed by atoms with Crippen LogP contribution in [0.25, 0.3) is 32.3 Å². The summed E-state index contributed by atoms with van der Waals surface area (Å²) < 4.78 is 203. The van der Waals surface area contributed by atoms with E-state index < -0.39 is 136 Å². The molecular weight excluding hydrogens is 1040 g/mol. The molecule has 4 aromatic rings. The minimum atomic E-state index is -4.89. The quantitative estimate of drug-likeness (QED) is 0.0282. The number of hydrogen-bond donors (Lipinski definition) is 5. The molecule has 4 aromatic carbocycles. The number of anilines is 1. The maximum atomic E-state index is 14.4. The van der Waals surface area contributed by atoms with Gasteiger partial charge in [-0.2, -0.15) is 38.2 Å². The lowest BCUT2D eigenvalue weighted by Crippen LogP contribution is -2.33. The second-order valence-corrected chi connectivity index (χ2v) is 27.9. The first kappa shape index (κ1) is 58.1. The Morgan fingerprint density at radius 2 is 0.971 bits per heavy atom. The van der Waals surface area contributed by atoms with Crippen molar-refractivity contribution in [2.24, 2.45) is 5.41 Å². The van der Waals surface area contributed by atoms with Gasteiger partial charge in [0, 0.05) is 96.8 Å². The van der Waals surface area contributed by atoms with E-state index in [1.54, 1.807) is 6.92 Å². The van der Waals surface area contributed by atoms with Crippen molar-refractivity contribution in [2.75, 3.05) is 103 Å². The molecule has 390 valence electrons. The standard InChI is InChI=1S/C39H58N4O20S6/c1-27(8-7-16-61-17-18-62-25-39(2,3)26-63-24-36(44)45)40-32-22-33(67(55,56)41(4)13-19-64(46,47)48)29-11-12-31-35(69(59,60)43(6)15-21-66(52,53)54)23-34(30-10-9-28(32)37(29)38(30)31)68(57,58)42(5)14-20-65(49,50)51/h9-12,22-23,27,40H,7-8,13-21,24-26H2,1-6H3,(H,44,45)(H,46,47,48)(H,49,50,51)(H,52,53,54). The number of nitrogens with one attached hydrogen (secondary N) is 1. The number of carbonyl (C=O) groups is 1. The molecule has 5 N–H and O–H groups in total. The number of rotatable bonds is 30. The molecule has 24 nitrogen and oxygen atoms in total. The minimum absolute atomic E-state index is 0.0126. The number of benzene rings is 4. The van der Waals surface area contributed by atoms with Crippen LogP contribution < -0.4 is 5.32 Å². The number of ether oxygens (including phenoxy) is 3. The van der Waals surface area contributed by atoms with E-state index in [1.165, 1.54) is 30.3 Å². The first-order valence-corrected chi connectivity index (χ1v) is 30.0. The van der Waals surface area contributed by atoms with Crippen molar-refractivity contribution < 1.29 is 88.3 Å². The number of aliphatic carboxylic acids is 1. The number of sulfonamides is 3. The summed E-state index contributed by atoms with van der Waals surface area (Å²) in [7, 11) is -25.5. The molecule has 1 unspecified atom stereocenters. The predicted molar refractivity (Wildman–Crippen MR) is 255 cm³/mol. The molecule has 0 amide bonds. The first-order chi connectivity index (χ1) is 31.6. The highest BCUT2D eigenvalue weighted by atomic mass is 32.2. The van der Waals surface area contributed by atoms with Crippen molar-refractivity contribution in [3.63, 3.8) is 0 Å². The van der Waals surface area contributed by atoms with Crippen molar-refractivity contribution >= 4 is 104 Å². The third-order valence-electron chi connectivity index (χ3n) is 10.8. The highest BCUT2D eigenvalue weighted by Gasteiger charge is 2.34. The van der Waals surface area contributed by atoms with Crippen molar-refractivity contribution in [3.05, 3.63) is 36.4 Å². The lowest BCUT2D eigenvalue weighted by molar-refractivity contribution is -0.143. The van der Waals surface area contributed by atoms with E-state index >= 15 is 0 Å². The second kappa shape index (κ2) is 22.5. The van der Waals surface area contributed by atoms with Crippen LogP contribution in [-0.2, 0) is 79.4 Å². The molecule has 0 aromatic heterocycles. The molecule has 0 fully saturated rings. The van der Waals surface area contributed by atoms with Crippen LogP contribution in [0, 0.1) is 5.41 Å². The van der Waals surface area contributed by atoms with Crippen LogP contribution in [0.5, 0.6) is 0 Å². The van der Waals surface area contributed by atoms with Crippen molar-refractivity contribution in [1.82, 2.24) is 12.9 Å². The Labute approximate surface area is 402 Å². The van der Waals surface area contributed by atoms with Crippen molar-refractivity contribution in [2.45, 2.75) is 54.3 Å². The SMILES string of the molecule is CC(CCCOCCOCC(C)(C)COCC(=O)O)Nc1cc(S(=O)(=O)N(C)CCS(=O)(=O)O)c2ccc3c(S(=O)(=O)N(C)CCS(=O)(=O)O)cc(S(=O)(=O)N(C)CCS(=O)(=O)O)c4ccc1c2c43. The summed E-state index contributed by atoms with van der Waals surface area (Å²) >= 11 is 0. The van der Waals surface area contributed by atoms with Gasteiger partial charge in [-0.05, 0) is 31.9 Å². The van der Waals surface area contributed by atoms with E-state index in [0.29, 0.717) is 25.8 Å². The van der Waals surface area contributed by atoms with Gasteiger partial charge in [-0.15, -0.1) is 0 Å². The van der Waals surface area contributed by atoms with Crippen molar-refractivity contribution in [1.29, 1.82) is 0 Å². The Hall–Kier alpha value is -3.47. The van der Waals surface area contributed by atoms with Crippen LogP contribution in [0.3, 0.4) is 0 Å². The molecule has 0 spiro atoms. The number of hydrogen-bond acceptors (Lipinski definition) is 17. The van der Waals surface area contributed by atoms with E-state index in [9.17, 15) is 69.0 Å². The normalized spacial score (nSPS) is 14.3. The minimum Gasteiger partial charge on any atom is -0.480 e. The number of nitrogens with zero attached hydrogens (tertiary/aromatic N) is 3. The highest BCUT2D eigenvalue weighted by molar-refractivity contribution is 7.90. The Balaban J connectivity index is 1.86. The molecular formula is C39H58N4O20S6. The Kier molecular flexibility index (Phi) is 19.0. The largest absolute Gasteiger partial charge is 0.480 e. The van der Waals surface area contributed by atoms with Gasteiger partial charge in [-0.25, -0.2) is 30.0 Å². The molecule has 30 heteroatoms. The summed E-state index contributed by atoms with van der Waals surface area (Å²) in [5.41, 5.74) is -0.297. The van der Waals surface area contributed by atoms with E-state index in [4.69, 9.17) is 19.3 Å². The zero-order valence-electron chi connectivity index (χ0n) is 38.6. The van der Waals surface area contributed by atoms with E-state index in [0.717, 1.165) is 27.2 Å². The molecule has 4 rings (SSSR count). The van der Waals surface area contributed by atoms with E-state index in [2.05, 4.69) is 5.32 Å². The lowest BCUT2D eigenvalue weighted by atomic mass is 9.93. The molecule has 0 saturated heterocycles. The van der Waals surface area contributed by atoms with Gasteiger partial charge in [0.05, 0.1) is 58.4 Å². The van der Waals surface area contributed by atoms with Gasteiger partial charge in [0.1, 0.15) is 6.61 Å². The average Bonchev–Trinajstić information content (AvgIpc) is 3.22.